The zero-order chi connectivity index (χ0) is 21.9. The second kappa shape index (κ2) is 7.66. The Kier molecular flexibility index (Phi) is 5.85. The number of hydrogen-bond acceptors (Lipinski definition) is 4. The van der Waals surface area contributed by atoms with E-state index in [0.717, 1.165) is 44.9 Å². The second-order valence-electron chi connectivity index (χ2n) is 11.6. The van der Waals surface area contributed by atoms with Crippen molar-refractivity contribution in [2.24, 2.45) is 40.4 Å². The number of hydrogen-bond donors (Lipinski definition) is 3. The number of carbonyl (C=O) groups is 1. The quantitative estimate of drug-likeness (QED) is 0.554. The molecule has 0 aromatic rings. The van der Waals surface area contributed by atoms with Crippen LogP contribution in [0.5, 0.6) is 0 Å². The summed E-state index contributed by atoms with van der Waals surface area (Å²) in [6.45, 7) is 6.56. The summed E-state index contributed by atoms with van der Waals surface area (Å²) in [6, 6.07) is 0. The van der Waals surface area contributed by atoms with Crippen LogP contribution in [0.15, 0.2) is 0 Å². The highest BCUT2D eigenvalue weighted by atomic mass is 31.2. The van der Waals surface area contributed by atoms with Crippen molar-refractivity contribution in [1.82, 2.24) is 0 Å². The van der Waals surface area contributed by atoms with Crippen LogP contribution >= 0.6 is 7.60 Å². The van der Waals surface area contributed by atoms with E-state index in [2.05, 4.69) is 13.8 Å². The molecule has 4 fully saturated rings. The molecule has 6 nitrogen and oxygen atoms in total. The molecule has 4 rings (SSSR count). The van der Waals surface area contributed by atoms with Gasteiger partial charge >= 0.3 is 7.60 Å². The van der Waals surface area contributed by atoms with Gasteiger partial charge in [-0.25, -0.2) is 0 Å². The van der Waals surface area contributed by atoms with Crippen LogP contribution in [0.1, 0.15) is 78.6 Å². The molecule has 0 amide bonds. The van der Waals surface area contributed by atoms with Crippen molar-refractivity contribution in [3.05, 3.63) is 0 Å². The Balaban J connectivity index is 1.46. The Labute approximate surface area is 180 Å². The maximum Gasteiger partial charge on any atom is 0.350 e. The number of ether oxygens (including phenoxy) is 1. The molecule has 0 bridgehead atoms. The van der Waals surface area contributed by atoms with E-state index in [9.17, 15) is 14.5 Å². The predicted molar refractivity (Wildman–Crippen MR) is 114 cm³/mol. The van der Waals surface area contributed by atoms with Crippen LogP contribution in [-0.2, 0) is 14.1 Å². The van der Waals surface area contributed by atoms with Gasteiger partial charge in [0.1, 0.15) is 13.0 Å². The van der Waals surface area contributed by atoms with E-state index < -0.39 is 19.5 Å². The predicted octanol–water partition coefficient (Wildman–Crippen LogP) is 4.12. The first-order valence-corrected chi connectivity index (χ1v) is 13.5. The Morgan fingerprint density at radius 2 is 1.67 bits per heavy atom. The molecule has 4 aliphatic carbocycles. The van der Waals surface area contributed by atoms with E-state index in [1.165, 1.54) is 12.8 Å². The second-order valence-corrected chi connectivity index (χ2v) is 13.2. The molecule has 0 saturated heterocycles. The van der Waals surface area contributed by atoms with Crippen LogP contribution in [0.25, 0.3) is 0 Å². The van der Waals surface area contributed by atoms with E-state index in [0.29, 0.717) is 29.1 Å². The van der Waals surface area contributed by atoms with E-state index in [1.54, 1.807) is 0 Å². The first kappa shape index (κ1) is 22.9. The molecule has 4 saturated carbocycles. The third kappa shape index (κ3) is 3.96. The van der Waals surface area contributed by atoms with Crippen molar-refractivity contribution in [3.63, 3.8) is 0 Å². The van der Waals surface area contributed by atoms with Gasteiger partial charge in [0.05, 0.1) is 5.60 Å². The Hall–Kier alpha value is -0.260. The van der Waals surface area contributed by atoms with Crippen molar-refractivity contribution in [3.8, 4) is 0 Å². The van der Waals surface area contributed by atoms with E-state index in [-0.39, 0.29) is 23.7 Å². The highest BCUT2D eigenvalue weighted by Crippen LogP contribution is 2.68. The average Bonchev–Trinajstić information content (AvgIpc) is 2.98. The van der Waals surface area contributed by atoms with Gasteiger partial charge in [0.2, 0.25) is 0 Å². The Morgan fingerprint density at radius 3 is 2.37 bits per heavy atom. The smallest absolute Gasteiger partial charge is 0.350 e. The molecule has 0 aliphatic heterocycles. The van der Waals surface area contributed by atoms with Crippen molar-refractivity contribution in [1.29, 1.82) is 0 Å². The highest BCUT2D eigenvalue weighted by Gasteiger charge is 2.61. The van der Waals surface area contributed by atoms with E-state index >= 15 is 0 Å². The molecule has 30 heavy (non-hydrogen) atoms. The fourth-order valence-corrected chi connectivity index (χ4v) is 8.65. The number of Topliss-reactive ketones (excluding diaryl/α,β-unsaturated/α-hetero) is 1. The van der Waals surface area contributed by atoms with E-state index in [1.807, 2.05) is 6.92 Å². The summed E-state index contributed by atoms with van der Waals surface area (Å²) < 4.78 is 16.1. The number of fused-ring (bicyclic) bond motifs is 5. The van der Waals surface area contributed by atoms with Crippen LogP contribution in [-0.4, -0.2) is 39.2 Å². The lowest BCUT2D eigenvalue weighted by molar-refractivity contribution is -0.152. The van der Waals surface area contributed by atoms with Gasteiger partial charge in [-0.15, -0.1) is 0 Å². The topological polar surface area (TPSA) is 104 Å². The van der Waals surface area contributed by atoms with Crippen molar-refractivity contribution < 1.29 is 29.0 Å². The SMILES string of the molecule is C[C@@]1(O)CC[C@@]2(C)C(CCC3C2CC[C@@]2(C)C3CC[C@@H]2C(=O)COCP(=O)(O)O)C1. The maximum absolute atomic E-state index is 12.9. The summed E-state index contributed by atoms with van der Waals surface area (Å²) in [5.74, 6) is 2.45. The summed E-state index contributed by atoms with van der Waals surface area (Å²) >= 11 is 0. The summed E-state index contributed by atoms with van der Waals surface area (Å²) in [4.78, 5) is 30.9. The van der Waals surface area contributed by atoms with Crippen molar-refractivity contribution in [2.75, 3.05) is 13.0 Å². The lowest BCUT2D eigenvalue weighted by atomic mass is 9.44. The van der Waals surface area contributed by atoms with Gasteiger partial charge in [-0.3, -0.25) is 9.36 Å². The van der Waals surface area contributed by atoms with Gasteiger partial charge in [0, 0.05) is 5.92 Å². The van der Waals surface area contributed by atoms with Gasteiger partial charge in [-0.2, -0.15) is 0 Å². The summed E-state index contributed by atoms with van der Waals surface area (Å²) in [5, 5.41) is 10.6. The van der Waals surface area contributed by atoms with Crippen molar-refractivity contribution >= 4 is 13.4 Å². The Bertz CT molecular complexity index is 731. The van der Waals surface area contributed by atoms with Crippen LogP contribution in [0.2, 0.25) is 0 Å². The fraction of sp³-hybridized carbons (Fsp3) is 0.957. The molecule has 0 spiro atoms. The van der Waals surface area contributed by atoms with Gasteiger partial charge in [0.25, 0.3) is 0 Å². The van der Waals surface area contributed by atoms with Crippen LogP contribution in [0, 0.1) is 40.4 Å². The molecular formula is C23H39O6P. The molecule has 0 aromatic carbocycles. The molecular weight excluding hydrogens is 403 g/mol. The lowest BCUT2D eigenvalue weighted by Crippen LogP contribution is -2.55. The minimum atomic E-state index is -4.24. The third-order valence-corrected chi connectivity index (χ3v) is 10.4. The fourth-order valence-electron chi connectivity index (χ4n) is 8.33. The zero-order valence-corrected chi connectivity index (χ0v) is 19.6. The molecule has 7 heteroatoms. The van der Waals surface area contributed by atoms with Gasteiger partial charge < -0.3 is 19.6 Å². The minimum absolute atomic E-state index is 0.0144. The zero-order valence-electron chi connectivity index (χ0n) is 18.7. The highest BCUT2D eigenvalue weighted by molar-refractivity contribution is 7.51. The number of aliphatic hydroxyl groups is 1. The lowest BCUT2D eigenvalue weighted by Gasteiger charge is -2.61. The first-order chi connectivity index (χ1) is 13.9. The molecule has 4 unspecified atom stereocenters. The maximum atomic E-state index is 12.9. The van der Waals surface area contributed by atoms with Crippen molar-refractivity contribution in [2.45, 2.75) is 84.2 Å². The van der Waals surface area contributed by atoms with Crippen LogP contribution in [0.3, 0.4) is 0 Å². The average molecular weight is 443 g/mol. The normalized spacial score (nSPS) is 48.5. The van der Waals surface area contributed by atoms with E-state index in [4.69, 9.17) is 14.5 Å². The summed E-state index contributed by atoms with van der Waals surface area (Å²) in [6.07, 6.45) is 8.78. The number of carbonyl (C=O) groups excluding carboxylic acids is 1. The Morgan fingerprint density at radius 1 is 0.967 bits per heavy atom. The molecule has 3 N–H and O–H groups in total. The number of rotatable bonds is 5. The van der Waals surface area contributed by atoms with Crippen LogP contribution < -0.4 is 0 Å². The largest absolute Gasteiger partial charge is 0.390 e. The molecule has 8 atom stereocenters. The number of ketones is 1. The summed E-state index contributed by atoms with van der Waals surface area (Å²) in [5.41, 5.74) is -0.230. The first-order valence-electron chi connectivity index (χ1n) is 11.7. The third-order valence-electron chi connectivity index (χ3n) is 9.85. The van der Waals surface area contributed by atoms with Gasteiger partial charge in [-0.1, -0.05) is 13.8 Å². The minimum Gasteiger partial charge on any atom is -0.390 e. The van der Waals surface area contributed by atoms with Gasteiger partial charge in [-0.05, 0) is 99.2 Å². The molecule has 0 radical (unpaired) electrons. The van der Waals surface area contributed by atoms with Crippen LogP contribution in [0.4, 0.5) is 0 Å². The monoisotopic (exact) mass is 442 g/mol. The standard InChI is InChI=1S/C23H39O6P/c1-21(25)10-11-22(2)15(12-21)4-5-16-17-6-7-19(23(17,3)9-8-18(16)22)20(24)13-29-14-30(26,27)28/h15-19,25H,4-14H2,1-3H3,(H2,26,27,28)/t15?,16?,17?,18?,19-,21-,22+,23+/m1/s1. The molecule has 0 heterocycles. The molecule has 0 aromatic heterocycles. The molecule has 172 valence electrons. The molecule has 4 aliphatic rings. The van der Waals surface area contributed by atoms with Gasteiger partial charge in [0.15, 0.2) is 5.78 Å². The summed E-state index contributed by atoms with van der Waals surface area (Å²) in [7, 11) is -4.24.